The zero-order valence-corrected chi connectivity index (χ0v) is 13.2. The molecule has 0 aliphatic heterocycles. The molecule has 0 aliphatic rings. The Morgan fingerprint density at radius 1 is 0.938 bits per heavy atom. The Morgan fingerprint density at radius 2 is 1.12 bits per heavy atom. The van der Waals surface area contributed by atoms with Gasteiger partial charge < -0.3 is 30.6 Å². The molecular weight excluding hydrogens is 345 g/mol. The second-order valence-electron chi connectivity index (χ2n) is 2.56. The molecule has 0 unspecified atom stereocenters. The molecule has 0 heterocycles. The summed E-state index contributed by atoms with van der Waals surface area (Å²) in [5.41, 5.74) is 0. The molecule has 4 atom stereocenters. The summed E-state index contributed by atoms with van der Waals surface area (Å²) in [6.45, 7) is -1.45. The van der Waals surface area contributed by atoms with Crippen molar-refractivity contribution in [3.05, 3.63) is 0 Å². The van der Waals surface area contributed by atoms with Crippen molar-refractivity contribution in [3.8, 4) is 0 Å². The van der Waals surface area contributed by atoms with E-state index in [1.165, 1.54) is 0 Å². The fraction of sp³-hybridized carbons (Fsp3) is 1.00. The van der Waals surface area contributed by atoms with Crippen LogP contribution in [0, 0.1) is 0 Å². The Balaban J connectivity index is -0.000000377. The van der Waals surface area contributed by atoms with Crippen LogP contribution in [0.15, 0.2) is 0 Å². The van der Waals surface area contributed by atoms with Gasteiger partial charge in [-0.3, -0.25) is 0 Å². The predicted octanol–water partition coefficient (Wildman–Crippen LogP) is -8.27. The van der Waals surface area contributed by atoms with Crippen molar-refractivity contribution < 1.29 is 66.6 Å². The maximum atomic E-state index is 8.96. The Morgan fingerprint density at radius 3 is 1.25 bits per heavy atom. The van der Waals surface area contributed by atoms with Gasteiger partial charge in [0.05, 0.1) is 13.2 Å². The van der Waals surface area contributed by atoms with Crippen LogP contribution in [0.5, 0.6) is 0 Å². The van der Waals surface area contributed by atoms with Crippen molar-refractivity contribution in [3.63, 3.8) is 0 Å². The van der Waals surface area contributed by atoms with Gasteiger partial charge >= 0.3 is 58.0 Å². The molecule has 0 rings (SSSR count). The van der Waals surface area contributed by atoms with Gasteiger partial charge in [0.25, 0.3) is 0 Å². The standard InChI is InChI=1S/C6H14O6.Na.2O.Sb/c7-1-3(9)5(11)6(12)4(10)2-8;;;;/h3-12H,1-2H2;;;;/q;+1;;-1;/t3-,4-,5-,6-;;;;/m1..../s1. The normalized spacial score (nSPS) is 16.9. The summed E-state index contributed by atoms with van der Waals surface area (Å²) in [6.07, 6.45) is -6.39. The van der Waals surface area contributed by atoms with Gasteiger partial charge in [0.15, 0.2) is 0 Å². The first-order valence-electron chi connectivity index (χ1n) is 3.85. The topological polar surface area (TPSA) is 162 Å². The SMILES string of the molecule is OC[C@@H](O)[C@@H](O)[C@H](O)[C@H](O)CO.[Na+].[O]=[Sb][O-]. The quantitative estimate of drug-likeness (QED) is 0.264. The molecule has 0 radical (unpaired) electrons. The first-order valence-corrected chi connectivity index (χ1v) is 5.93. The van der Waals surface area contributed by atoms with E-state index in [1.807, 2.05) is 0 Å². The monoisotopic (exact) mass is 358 g/mol. The van der Waals surface area contributed by atoms with E-state index < -0.39 is 59.7 Å². The van der Waals surface area contributed by atoms with Crippen molar-refractivity contribution in [1.82, 2.24) is 0 Å². The fourth-order valence-electron chi connectivity index (χ4n) is 0.671. The predicted molar refractivity (Wildman–Crippen MR) is 44.6 cm³/mol. The van der Waals surface area contributed by atoms with Gasteiger partial charge in [-0.15, -0.1) is 0 Å². The Bertz CT molecular complexity index is 147. The first kappa shape index (κ1) is 22.5. The van der Waals surface area contributed by atoms with Crippen LogP contribution in [0.1, 0.15) is 0 Å². The third-order valence-electron chi connectivity index (χ3n) is 1.51. The van der Waals surface area contributed by atoms with Gasteiger partial charge in [-0.2, -0.15) is 0 Å². The molecular formula is C6H14NaO8Sb. The molecule has 6 N–H and O–H groups in total. The molecule has 16 heavy (non-hydrogen) atoms. The van der Waals surface area contributed by atoms with E-state index in [4.69, 9.17) is 37.0 Å². The average molecular weight is 359 g/mol. The van der Waals surface area contributed by atoms with Gasteiger partial charge in [-0.05, 0) is 0 Å². The van der Waals surface area contributed by atoms with Crippen LogP contribution in [0.25, 0.3) is 0 Å². The van der Waals surface area contributed by atoms with Crippen LogP contribution in [0.4, 0.5) is 0 Å². The first-order chi connectivity index (χ1) is 6.95. The van der Waals surface area contributed by atoms with E-state index >= 15 is 0 Å². The molecule has 0 aromatic heterocycles. The van der Waals surface area contributed by atoms with Crippen LogP contribution < -0.4 is 32.9 Å². The molecule has 0 aromatic rings. The molecule has 0 amide bonds. The van der Waals surface area contributed by atoms with Crippen molar-refractivity contribution in [2.24, 2.45) is 0 Å². The fourth-order valence-corrected chi connectivity index (χ4v) is 0.671. The molecule has 0 fully saturated rings. The van der Waals surface area contributed by atoms with E-state index in [1.54, 1.807) is 0 Å². The van der Waals surface area contributed by atoms with Gasteiger partial charge in [0.2, 0.25) is 0 Å². The summed E-state index contributed by atoms with van der Waals surface area (Å²) < 4.78 is 17.0. The summed E-state index contributed by atoms with van der Waals surface area (Å²) in [7, 11) is 0. The molecule has 0 spiro atoms. The number of aliphatic hydroxyl groups excluding tert-OH is 6. The Hall–Kier alpha value is 1.34. The third-order valence-corrected chi connectivity index (χ3v) is 1.51. The number of aliphatic hydroxyl groups is 6. The summed E-state index contributed by atoms with van der Waals surface area (Å²) in [4.78, 5) is 0. The van der Waals surface area contributed by atoms with Gasteiger partial charge in [-0.25, -0.2) is 0 Å². The van der Waals surface area contributed by atoms with Crippen LogP contribution in [0.3, 0.4) is 0 Å². The van der Waals surface area contributed by atoms with Crippen molar-refractivity contribution >= 4 is 22.0 Å². The number of hydrogen-bond donors (Lipinski definition) is 6. The van der Waals surface area contributed by atoms with Gasteiger partial charge in [0, 0.05) is 0 Å². The minimum atomic E-state index is -2.15. The molecule has 8 nitrogen and oxygen atoms in total. The van der Waals surface area contributed by atoms with Crippen LogP contribution >= 0.6 is 0 Å². The Kier molecular flexibility index (Phi) is 20.3. The van der Waals surface area contributed by atoms with Gasteiger partial charge in [0.1, 0.15) is 24.4 Å². The van der Waals surface area contributed by atoms with Crippen LogP contribution in [0.2, 0.25) is 0 Å². The van der Waals surface area contributed by atoms with E-state index in [0.717, 1.165) is 0 Å². The van der Waals surface area contributed by atoms with E-state index in [9.17, 15) is 0 Å². The summed E-state index contributed by atoms with van der Waals surface area (Å²) in [5, 5.41) is 52.2. The summed E-state index contributed by atoms with van der Waals surface area (Å²) >= 11 is -2.15. The van der Waals surface area contributed by atoms with Crippen LogP contribution in [-0.2, 0) is 3.02 Å². The second kappa shape index (κ2) is 14.4. The number of rotatable bonds is 5. The molecule has 92 valence electrons. The molecule has 10 heteroatoms. The minimum absolute atomic E-state index is 0. The third kappa shape index (κ3) is 10.5. The Labute approximate surface area is 125 Å². The average Bonchev–Trinajstić information content (AvgIpc) is 2.25. The van der Waals surface area contributed by atoms with Crippen LogP contribution in [-0.4, -0.2) is 90.3 Å². The molecule has 0 aromatic carbocycles. The molecule has 0 saturated carbocycles. The van der Waals surface area contributed by atoms with E-state index in [2.05, 4.69) is 0 Å². The maximum absolute atomic E-state index is 8.96. The van der Waals surface area contributed by atoms with Gasteiger partial charge in [-0.1, -0.05) is 0 Å². The van der Waals surface area contributed by atoms with Crippen molar-refractivity contribution in [2.75, 3.05) is 13.2 Å². The molecule has 0 bridgehead atoms. The van der Waals surface area contributed by atoms with E-state index in [-0.39, 0.29) is 29.6 Å². The van der Waals surface area contributed by atoms with E-state index in [0.29, 0.717) is 0 Å². The molecule has 0 saturated heterocycles. The van der Waals surface area contributed by atoms with Crippen molar-refractivity contribution in [2.45, 2.75) is 24.4 Å². The summed E-state index contributed by atoms with van der Waals surface area (Å²) in [5.74, 6) is 0. The number of hydrogen-bond acceptors (Lipinski definition) is 8. The van der Waals surface area contributed by atoms with Crippen molar-refractivity contribution in [1.29, 1.82) is 0 Å². The zero-order chi connectivity index (χ0) is 12.4. The summed E-state index contributed by atoms with van der Waals surface area (Å²) in [6, 6.07) is 0. The molecule has 0 aliphatic carbocycles. The zero-order valence-electron chi connectivity index (χ0n) is 8.67. The second-order valence-corrected chi connectivity index (χ2v) is 2.98.